The molecule has 1 fully saturated rings. The van der Waals surface area contributed by atoms with Crippen LogP contribution in [0.5, 0.6) is 5.75 Å². The van der Waals surface area contributed by atoms with Crippen molar-refractivity contribution in [3.63, 3.8) is 0 Å². The predicted molar refractivity (Wildman–Crippen MR) is 174 cm³/mol. The van der Waals surface area contributed by atoms with Gasteiger partial charge in [0.05, 0.1) is 24.1 Å². The SMILES string of the molecule is Cc1cccc(C)c1OCC(=O)N[C@@H](Cc1ccccc1)[C@H](O)C(=O)N1CSC(C)(C)C1C(=O)N[C@H]1c2ccccc2C[C@H]1O. The van der Waals surface area contributed by atoms with Gasteiger partial charge in [-0.05, 0) is 61.9 Å². The van der Waals surface area contributed by atoms with Gasteiger partial charge in [-0.15, -0.1) is 11.8 Å². The number of rotatable bonds is 10. The molecular weight excluding hydrogens is 590 g/mol. The van der Waals surface area contributed by atoms with E-state index < -0.39 is 52.8 Å². The third-order valence-electron chi connectivity index (χ3n) is 8.61. The molecule has 10 heteroatoms. The number of aliphatic hydroxyl groups excluding tert-OH is 2. The molecule has 9 nitrogen and oxygen atoms in total. The first-order valence-corrected chi connectivity index (χ1v) is 16.2. The summed E-state index contributed by atoms with van der Waals surface area (Å²) in [4.78, 5) is 42.3. The Morgan fingerprint density at radius 2 is 1.67 bits per heavy atom. The Labute approximate surface area is 268 Å². The van der Waals surface area contributed by atoms with Crippen molar-refractivity contribution in [1.29, 1.82) is 0 Å². The number of thioether (sulfide) groups is 1. The molecule has 4 N–H and O–H groups in total. The van der Waals surface area contributed by atoms with E-state index in [9.17, 15) is 24.6 Å². The molecule has 238 valence electrons. The van der Waals surface area contributed by atoms with Gasteiger partial charge in [0, 0.05) is 11.2 Å². The van der Waals surface area contributed by atoms with E-state index >= 15 is 0 Å². The van der Waals surface area contributed by atoms with Crippen LogP contribution < -0.4 is 15.4 Å². The van der Waals surface area contributed by atoms with Gasteiger partial charge in [-0.25, -0.2) is 0 Å². The Balaban J connectivity index is 1.33. The van der Waals surface area contributed by atoms with Crippen LogP contribution in [0.3, 0.4) is 0 Å². The van der Waals surface area contributed by atoms with Gasteiger partial charge in [0.15, 0.2) is 12.7 Å². The summed E-state index contributed by atoms with van der Waals surface area (Å²) in [6.07, 6.45) is -1.79. The van der Waals surface area contributed by atoms with E-state index in [2.05, 4.69) is 10.6 Å². The molecule has 5 atom stereocenters. The summed E-state index contributed by atoms with van der Waals surface area (Å²) in [6, 6.07) is 20.1. The first-order valence-electron chi connectivity index (χ1n) is 15.2. The summed E-state index contributed by atoms with van der Waals surface area (Å²) in [5, 5.41) is 28.1. The highest BCUT2D eigenvalue weighted by molar-refractivity contribution is 8.00. The van der Waals surface area contributed by atoms with Crippen LogP contribution in [0.4, 0.5) is 0 Å². The van der Waals surface area contributed by atoms with Crippen LogP contribution in [-0.4, -0.2) is 74.4 Å². The van der Waals surface area contributed by atoms with E-state index in [0.717, 1.165) is 27.8 Å². The lowest BCUT2D eigenvalue weighted by Gasteiger charge is -2.34. The highest BCUT2D eigenvalue weighted by Gasteiger charge is 2.50. The number of hydrogen-bond donors (Lipinski definition) is 4. The maximum absolute atomic E-state index is 14.0. The van der Waals surface area contributed by atoms with E-state index in [1.807, 2.05) is 100 Å². The molecule has 3 aromatic rings. The molecule has 1 saturated heterocycles. The summed E-state index contributed by atoms with van der Waals surface area (Å²) in [5.74, 6) is -0.741. The number of aryl methyl sites for hydroxylation is 2. The topological polar surface area (TPSA) is 128 Å². The number of hydrogen-bond acceptors (Lipinski definition) is 7. The Hall–Kier alpha value is -3.86. The number of aliphatic hydroxyl groups is 2. The molecule has 3 aromatic carbocycles. The van der Waals surface area contributed by atoms with Gasteiger partial charge in [-0.3, -0.25) is 14.4 Å². The third-order valence-corrected chi connectivity index (χ3v) is 9.99. The van der Waals surface area contributed by atoms with E-state index in [1.165, 1.54) is 16.7 Å². The average Bonchev–Trinajstić information content (AvgIpc) is 3.50. The second kappa shape index (κ2) is 13.6. The van der Waals surface area contributed by atoms with Crippen molar-refractivity contribution in [2.24, 2.45) is 0 Å². The Kier molecular flexibility index (Phi) is 9.86. The van der Waals surface area contributed by atoms with Gasteiger partial charge in [0.2, 0.25) is 5.91 Å². The van der Waals surface area contributed by atoms with Crippen LogP contribution in [0.25, 0.3) is 0 Å². The Morgan fingerprint density at radius 1 is 1.00 bits per heavy atom. The van der Waals surface area contributed by atoms with Gasteiger partial charge < -0.3 is 30.5 Å². The molecule has 0 bridgehead atoms. The van der Waals surface area contributed by atoms with Gasteiger partial charge in [0.25, 0.3) is 11.8 Å². The van der Waals surface area contributed by atoms with Crippen LogP contribution in [0.1, 0.15) is 47.7 Å². The number of carbonyl (C=O) groups excluding carboxylic acids is 3. The minimum absolute atomic E-state index is 0.187. The molecule has 0 saturated carbocycles. The maximum Gasteiger partial charge on any atom is 0.258 e. The molecule has 0 radical (unpaired) electrons. The molecule has 1 aliphatic carbocycles. The summed E-state index contributed by atoms with van der Waals surface area (Å²) in [6.45, 7) is 7.27. The van der Waals surface area contributed by atoms with Crippen LogP contribution >= 0.6 is 11.8 Å². The van der Waals surface area contributed by atoms with E-state index in [-0.39, 0.29) is 18.9 Å². The molecule has 0 spiro atoms. The predicted octanol–water partition coefficient (Wildman–Crippen LogP) is 3.23. The van der Waals surface area contributed by atoms with E-state index in [0.29, 0.717) is 12.2 Å². The fraction of sp³-hybridized carbons (Fsp3) is 0.400. The standard InChI is InChI=1S/C35H41N3O6S/c1-21-11-10-12-22(2)31(21)44-19-28(40)36-26(17-23-13-6-5-7-14-23)30(41)34(43)38-20-45-35(3,4)32(38)33(42)37-29-25-16-9-8-15-24(25)18-27(29)39/h5-16,26-27,29-30,32,39,41H,17-20H2,1-4H3,(H,36,40)(H,37,42)/t26-,27+,29-,30-,32?/m0/s1. The van der Waals surface area contributed by atoms with Crippen molar-refractivity contribution in [2.45, 2.75) is 75.6 Å². The first kappa shape index (κ1) is 32.5. The lowest BCUT2D eigenvalue weighted by atomic mass is 9.96. The van der Waals surface area contributed by atoms with Crippen molar-refractivity contribution >= 4 is 29.5 Å². The van der Waals surface area contributed by atoms with Crippen molar-refractivity contribution in [1.82, 2.24) is 15.5 Å². The quantitative estimate of drug-likeness (QED) is 0.271. The summed E-state index contributed by atoms with van der Waals surface area (Å²) >= 11 is 1.44. The van der Waals surface area contributed by atoms with Crippen molar-refractivity contribution in [2.75, 3.05) is 12.5 Å². The fourth-order valence-electron chi connectivity index (χ4n) is 6.26. The monoisotopic (exact) mass is 631 g/mol. The van der Waals surface area contributed by atoms with Crippen LogP contribution in [0.2, 0.25) is 0 Å². The summed E-state index contributed by atoms with van der Waals surface area (Å²) in [5.41, 5.74) is 4.44. The van der Waals surface area contributed by atoms with Gasteiger partial charge in [-0.1, -0.05) is 72.8 Å². The van der Waals surface area contributed by atoms with Crippen molar-refractivity contribution < 1.29 is 29.3 Å². The number of nitrogens with zero attached hydrogens (tertiary/aromatic N) is 1. The van der Waals surface area contributed by atoms with Crippen molar-refractivity contribution in [3.05, 3.63) is 101 Å². The maximum atomic E-state index is 14.0. The molecule has 1 unspecified atom stereocenters. The van der Waals surface area contributed by atoms with Crippen LogP contribution in [0.15, 0.2) is 72.8 Å². The highest BCUT2D eigenvalue weighted by Crippen LogP contribution is 2.41. The normalized spacial score (nSPS) is 21.5. The molecule has 0 aromatic heterocycles. The molecule has 45 heavy (non-hydrogen) atoms. The molecule has 2 aliphatic rings. The lowest BCUT2D eigenvalue weighted by Crippen LogP contribution is -2.59. The Bertz CT molecular complexity index is 1530. The summed E-state index contributed by atoms with van der Waals surface area (Å²) in [7, 11) is 0. The molecule has 5 rings (SSSR count). The van der Waals surface area contributed by atoms with Crippen LogP contribution in [0, 0.1) is 13.8 Å². The largest absolute Gasteiger partial charge is 0.483 e. The van der Waals surface area contributed by atoms with E-state index in [4.69, 9.17) is 4.74 Å². The smallest absolute Gasteiger partial charge is 0.258 e. The zero-order valence-electron chi connectivity index (χ0n) is 26.0. The second-order valence-electron chi connectivity index (χ2n) is 12.4. The molecule has 1 heterocycles. The second-order valence-corrected chi connectivity index (χ2v) is 14.0. The molecule has 1 aliphatic heterocycles. The molecule has 3 amide bonds. The number of para-hydroxylation sites is 1. The highest BCUT2D eigenvalue weighted by atomic mass is 32.2. The zero-order valence-corrected chi connectivity index (χ0v) is 26.8. The van der Waals surface area contributed by atoms with Crippen molar-refractivity contribution in [3.8, 4) is 5.75 Å². The number of fused-ring (bicyclic) bond motifs is 1. The summed E-state index contributed by atoms with van der Waals surface area (Å²) < 4.78 is 5.16. The average molecular weight is 632 g/mol. The fourth-order valence-corrected chi connectivity index (χ4v) is 7.40. The number of nitrogens with one attached hydrogen (secondary N) is 2. The zero-order chi connectivity index (χ0) is 32.3. The van der Waals surface area contributed by atoms with Crippen LogP contribution in [-0.2, 0) is 27.2 Å². The number of carbonyl (C=O) groups is 3. The number of benzene rings is 3. The minimum Gasteiger partial charge on any atom is -0.483 e. The van der Waals surface area contributed by atoms with Gasteiger partial charge >= 0.3 is 0 Å². The lowest BCUT2D eigenvalue weighted by molar-refractivity contribution is -0.148. The molecular formula is C35H41N3O6S. The third kappa shape index (κ3) is 7.19. The first-order chi connectivity index (χ1) is 21.5. The van der Waals surface area contributed by atoms with Gasteiger partial charge in [-0.2, -0.15) is 0 Å². The number of ether oxygens (including phenoxy) is 1. The Morgan fingerprint density at radius 3 is 2.38 bits per heavy atom. The van der Waals surface area contributed by atoms with E-state index in [1.54, 1.807) is 0 Å². The number of amides is 3. The minimum atomic E-state index is -1.63. The van der Waals surface area contributed by atoms with Gasteiger partial charge in [0.1, 0.15) is 11.8 Å².